The van der Waals surface area contributed by atoms with Crippen molar-refractivity contribution in [3.63, 3.8) is 0 Å². The van der Waals surface area contributed by atoms with Crippen molar-refractivity contribution in [2.24, 2.45) is 5.41 Å². The maximum absolute atomic E-state index is 13.5. The van der Waals surface area contributed by atoms with Gasteiger partial charge in [0.05, 0.1) is 34.7 Å². The number of aromatic nitrogens is 2. The number of pyridine rings is 2. The average Bonchev–Trinajstić information content (AvgIpc) is 2.88. The van der Waals surface area contributed by atoms with E-state index >= 15 is 0 Å². The summed E-state index contributed by atoms with van der Waals surface area (Å²) in [5.74, 6) is 0.0376. The Morgan fingerprint density at radius 1 is 1.19 bits per heavy atom. The van der Waals surface area contributed by atoms with Gasteiger partial charge in [-0.1, -0.05) is 48.0 Å². The molecule has 1 aromatic carbocycles. The summed E-state index contributed by atoms with van der Waals surface area (Å²) in [4.78, 5) is 24.7. The zero-order chi connectivity index (χ0) is 18.8. The smallest absolute Gasteiger partial charge is 0.260 e. The first-order chi connectivity index (χ1) is 12.9. The monoisotopic (exact) mass is 419 g/mol. The van der Waals surface area contributed by atoms with E-state index in [1.54, 1.807) is 6.20 Å². The van der Waals surface area contributed by atoms with Gasteiger partial charge >= 0.3 is 0 Å². The lowest BCUT2D eigenvalue weighted by atomic mass is 9.79. The Kier molecular flexibility index (Phi) is 3.53. The van der Waals surface area contributed by atoms with Gasteiger partial charge in [0.25, 0.3) is 5.91 Å². The number of carbonyl (C=O) groups is 1. The van der Waals surface area contributed by atoms with Crippen molar-refractivity contribution in [1.29, 1.82) is 0 Å². The number of benzene rings is 1. The number of amides is 1. The van der Waals surface area contributed by atoms with E-state index < -0.39 is 0 Å². The Morgan fingerprint density at radius 2 is 2.04 bits per heavy atom. The molecule has 0 fully saturated rings. The summed E-state index contributed by atoms with van der Waals surface area (Å²) >= 11 is 3.52. The lowest BCUT2D eigenvalue weighted by Crippen LogP contribution is -2.26. The molecule has 5 rings (SSSR count). The second-order valence-electron chi connectivity index (χ2n) is 7.88. The molecule has 0 radical (unpaired) electrons. The molecule has 2 aliphatic rings. The second kappa shape index (κ2) is 5.73. The normalized spacial score (nSPS) is 17.2. The first kappa shape index (κ1) is 16.6. The average molecular weight is 420 g/mol. The lowest BCUT2D eigenvalue weighted by Gasteiger charge is -2.30. The Morgan fingerprint density at radius 3 is 2.81 bits per heavy atom. The number of rotatable bonds is 2. The lowest BCUT2D eigenvalue weighted by molar-refractivity contribution is 0.0842. The van der Waals surface area contributed by atoms with E-state index in [4.69, 9.17) is 4.98 Å². The van der Waals surface area contributed by atoms with Gasteiger partial charge in [-0.05, 0) is 36.1 Å². The molecule has 5 heteroatoms. The van der Waals surface area contributed by atoms with E-state index in [1.165, 1.54) is 0 Å². The van der Waals surface area contributed by atoms with Crippen LogP contribution in [0.25, 0.3) is 16.6 Å². The van der Waals surface area contributed by atoms with Gasteiger partial charge in [0.15, 0.2) is 0 Å². The minimum atomic E-state index is -0.0563. The third kappa shape index (κ3) is 2.60. The predicted octanol–water partition coefficient (Wildman–Crippen LogP) is 4.97. The molecule has 3 aromatic rings. The summed E-state index contributed by atoms with van der Waals surface area (Å²) in [7, 11) is 0. The highest BCUT2D eigenvalue weighted by Gasteiger charge is 2.41. The number of halogens is 1. The van der Waals surface area contributed by atoms with Gasteiger partial charge < -0.3 is 4.90 Å². The quantitative estimate of drug-likeness (QED) is 0.588. The number of hydrogen-bond donors (Lipinski definition) is 0. The van der Waals surface area contributed by atoms with Crippen LogP contribution in [0.3, 0.4) is 0 Å². The molecule has 0 atom stereocenters. The van der Waals surface area contributed by atoms with Crippen molar-refractivity contribution < 1.29 is 4.79 Å². The number of carbonyl (C=O) groups excluding carboxylic acids is 1. The Labute approximate surface area is 166 Å². The van der Waals surface area contributed by atoms with Crippen LogP contribution in [0.1, 0.15) is 41.2 Å². The van der Waals surface area contributed by atoms with Crippen LogP contribution in [-0.4, -0.2) is 20.8 Å². The van der Waals surface area contributed by atoms with Crippen LogP contribution in [0.4, 0.5) is 0 Å². The van der Waals surface area contributed by atoms with Crippen molar-refractivity contribution in [2.75, 3.05) is 0 Å². The second-order valence-corrected chi connectivity index (χ2v) is 8.79. The highest BCUT2D eigenvalue weighted by molar-refractivity contribution is 9.10. The fraction of sp³-hybridized carbons (Fsp3) is 0.227. The summed E-state index contributed by atoms with van der Waals surface area (Å²) < 4.78 is 0.969. The van der Waals surface area contributed by atoms with E-state index in [-0.39, 0.29) is 11.3 Å². The largest absolute Gasteiger partial charge is 0.302 e. The Hall–Kier alpha value is -2.53. The first-order valence-corrected chi connectivity index (χ1v) is 9.79. The zero-order valence-corrected chi connectivity index (χ0v) is 16.7. The predicted molar refractivity (Wildman–Crippen MR) is 109 cm³/mol. The number of allylic oxidation sites excluding steroid dienone is 1. The molecule has 0 saturated heterocycles. The highest BCUT2D eigenvalue weighted by atomic mass is 79.9. The van der Waals surface area contributed by atoms with Crippen LogP contribution in [-0.2, 0) is 13.0 Å². The topological polar surface area (TPSA) is 46.1 Å². The summed E-state index contributed by atoms with van der Waals surface area (Å²) in [5, 5.41) is 0.913. The van der Waals surface area contributed by atoms with Crippen molar-refractivity contribution in [3.8, 4) is 0 Å². The maximum Gasteiger partial charge on any atom is 0.260 e. The molecule has 0 spiro atoms. The molecule has 0 N–H and O–H groups in total. The molecule has 0 saturated carbocycles. The third-order valence-electron chi connectivity index (χ3n) is 5.23. The zero-order valence-electron chi connectivity index (χ0n) is 15.2. The summed E-state index contributed by atoms with van der Waals surface area (Å²) in [6.07, 6.45) is 4.81. The van der Waals surface area contributed by atoms with Crippen LogP contribution in [0.5, 0.6) is 0 Å². The van der Waals surface area contributed by atoms with E-state index in [1.807, 2.05) is 41.3 Å². The fourth-order valence-electron chi connectivity index (χ4n) is 4.11. The molecule has 134 valence electrons. The fourth-order valence-corrected chi connectivity index (χ4v) is 4.46. The van der Waals surface area contributed by atoms with Gasteiger partial charge in [0.2, 0.25) is 0 Å². The van der Waals surface area contributed by atoms with E-state index in [9.17, 15) is 4.79 Å². The molecule has 3 heterocycles. The van der Waals surface area contributed by atoms with Gasteiger partial charge in [-0.2, -0.15) is 0 Å². The summed E-state index contributed by atoms with van der Waals surface area (Å²) in [5.41, 5.74) is 5.45. The van der Waals surface area contributed by atoms with E-state index in [0.717, 1.165) is 50.0 Å². The number of fused-ring (bicyclic) bond motifs is 2. The third-order valence-corrected chi connectivity index (χ3v) is 5.72. The SMILES string of the molecule is CC1(C)C=C2c3c(nc4cc(Br)ccc4c3C(=O)N2Cc2ccccn2)C1. The molecule has 4 nitrogen and oxygen atoms in total. The van der Waals surface area contributed by atoms with Crippen molar-refractivity contribution in [3.05, 3.63) is 75.7 Å². The molecule has 2 aromatic heterocycles. The minimum absolute atomic E-state index is 0.0376. The highest BCUT2D eigenvalue weighted by Crippen LogP contribution is 2.46. The molecule has 1 aliphatic carbocycles. The van der Waals surface area contributed by atoms with E-state index in [2.05, 4.69) is 40.8 Å². The molecule has 1 aliphatic heterocycles. The van der Waals surface area contributed by atoms with Crippen molar-refractivity contribution in [1.82, 2.24) is 14.9 Å². The molecular weight excluding hydrogens is 402 g/mol. The summed E-state index contributed by atoms with van der Waals surface area (Å²) in [6, 6.07) is 11.7. The van der Waals surface area contributed by atoms with Crippen LogP contribution >= 0.6 is 15.9 Å². The maximum atomic E-state index is 13.5. The van der Waals surface area contributed by atoms with Crippen molar-refractivity contribution >= 4 is 38.4 Å². The summed E-state index contributed by atoms with van der Waals surface area (Å²) in [6.45, 7) is 4.85. The Bertz CT molecular complexity index is 1140. The molecule has 1 amide bonds. The van der Waals surface area contributed by atoms with Gasteiger partial charge in [0.1, 0.15) is 0 Å². The van der Waals surface area contributed by atoms with Crippen LogP contribution in [0.2, 0.25) is 0 Å². The van der Waals surface area contributed by atoms with Crippen LogP contribution in [0.15, 0.2) is 53.1 Å². The van der Waals surface area contributed by atoms with E-state index in [0.29, 0.717) is 6.54 Å². The van der Waals surface area contributed by atoms with Crippen LogP contribution in [0, 0.1) is 5.41 Å². The molecule has 0 unspecified atom stereocenters. The van der Waals surface area contributed by atoms with Crippen LogP contribution < -0.4 is 0 Å². The van der Waals surface area contributed by atoms with Gasteiger partial charge in [0, 0.05) is 21.6 Å². The molecule has 0 bridgehead atoms. The van der Waals surface area contributed by atoms with Gasteiger partial charge in [-0.25, -0.2) is 0 Å². The molecular formula is C22H18BrN3O. The molecule has 27 heavy (non-hydrogen) atoms. The minimum Gasteiger partial charge on any atom is -0.302 e. The number of hydrogen-bond acceptors (Lipinski definition) is 3. The first-order valence-electron chi connectivity index (χ1n) is 9.00. The van der Waals surface area contributed by atoms with Gasteiger partial charge in [-0.15, -0.1) is 0 Å². The number of nitrogens with zero attached hydrogens (tertiary/aromatic N) is 3. The van der Waals surface area contributed by atoms with Crippen molar-refractivity contribution in [2.45, 2.75) is 26.8 Å². The Balaban J connectivity index is 1.75. The van der Waals surface area contributed by atoms with Gasteiger partial charge in [-0.3, -0.25) is 14.8 Å². The standard InChI is InChI=1S/C22H18BrN3O/c1-22(2)10-17-20-18(11-22)26(12-14-5-3-4-8-24-14)21(27)19(20)15-7-6-13(23)9-16(15)25-17/h3-9,11H,10,12H2,1-2H3.